The van der Waals surface area contributed by atoms with Crippen LogP contribution >= 0.6 is 0 Å². The van der Waals surface area contributed by atoms with E-state index >= 15 is 0 Å². The lowest BCUT2D eigenvalue weighted by Crippen LogP contribution is -2.04. The van der Waals surface area contributed by atoms with Gasteiger partial charge in [-0.25, -0.2) is 0 Å². The van der Waals surface area contributed by atoms with E-state index in [4.69, 9.17) is 0 Å². The summed E-state index contributed by atoms with van der Waals surface area (Å²) in [4.78, 5) is 11.3. The summed E-state index contributed by atoms with van der Waals surface area (Å²) in [6, 6.07) is 7.31. The maximum Gasteiger partial charge on any atom is 0.312 e. The average molecular weight is 293 g/mol. The quantitative estimate of drug-likeness (QED) is 0.639. The maximum absolute atomic E-state index is 11.3. The molecule has 0 fully saturated rings. The molecule has 0 unspecified atom stereocenters. The highest BCUT2D eigenvalue weighted by molar-refractivity contribution is 7.84. The van der Waals surface area contributed by atoms with E-state index in [-0.39, 0.29) is 5.69 Å². The molecule has 6 nitrogen and oxygen atoms in total. The largest absolute Gasteiger partial charge is 0.312 e. The molecule has 106 valence electrons. The van der Waals surface area contributed by atoms with Crippen LogP contribution in [0.2, 0.25) is 0 Å². The number of hydrogen-bond donors (Lipinski definition) is 0. The van der Waals surface area contributed by atoms with Crippen molar-refractivity contribution in [2.75, 3.05) is 6.26 Å². The van der Waals surface area contributed by atoms with Gasteiger partial charge in [-0.1, -0.05) is 12.1 Å². The van der Waals surface area contributed by atoms with Gasteiger partial charge in [-0.2, -0.15) is 5.10 Å². The van der Waals surface area contributed by atoms with Crippen LogP contribution in [0.15, 0.2) is 29.2 Å². The first-order chi connectivity index (χ1) is 9.40. The van der Waals surface area contributed by atoms with Crippen LogP contribution in [0.1, 0.15) is 17.0 Å². The predicted molar refractivity (Wildman–Crippen MR) is 76.2 cm³/mol. The van der Waals surface area contributed by atoms with Crippen molar-refractivity contribution in [1.29, 1.82) is 0 Å². The zero-order valence-corrected chi connectivity index (χ0v) is 12.3. The van der Waals surface area contributed by atoms with E-state index in [0.29, 0.717) is 17.9 Å². The standard InChI is InChI=1S/C13H15N3O3S/c1-9-13(16(17)18)10(2)15(14-9)8-11-4-6-12(7-5-11)20(3)19/h4-7H,8H2,1-3H3/t20-/m1/s1. The summed E-state index contributed by atoms with van der Waals surface area (Å²) in [5.74, 6) is 0. The summed E-state index contributed by atoms with van der Waals surface area (Å²) in [7, 11) is -1.01. The van der Waals surface area contributed by atoms with Crippen molar-refractivity contribution in [1.82, 2.24) is 9.78 Å². The molecule has 0 aliphatic rings. The highest BCUT2D eigenvalue weighted by Gasteiger charge is 2.21. The van der Waals surface area contributed by atoms with E-state index in [1.54, 1.807) is 36.9 Å². The number of nitrogens with zero attached hydrogens (tertiary/aromatic N) is 3. The lowest BCUT2D eigenvalue weighted by molar-refractivity contribution is -0.386. The lowest BCUT2D eigenvalue weighted by atomic mass is 10.2. The van der Waals surface area contributed by atoms with Crippen molar-refractivity contribution in [3.63, 3.8) is 0 Å². The average Bonchev–Trinajstić information content (AvgIpc) is 2.65. The molecule has 0 aliphatic carbocycles. The van der Waals surface area contributed by atoms with Gasteiger partial charge in [-0.15, -0.1) is 0 Å². The Morgan fingerprint density at radius 3 is 2.35 bits per heavy atom. The third-order valence-electron chi connectivity index (χ3n) is 3.11. The normalized spacial score (nSPS) is 12.3. The van der Waals surface area contributed by atoms with Crippen molar-refractivity contribution in [3.05, 3.63) is 51.3 Å². The van der Waals surface area contributed by atoms with Crippen molar-refractivity contribution >= 4 is 16.5 Å². The molecule has 0 bridgehead atoms. The Morgan fingerprint density at radius 1 is 1.30 bits per heavy atom. The smallest absolute Gasteiger partial charge is 0.258 e. The van der Waals surface area contributed by atoms with E-state index in [9.17, 15) is 14.3 Å². The first kappa shape index (κ1) is 14.4. The molecule has 2 aromatic rings. The van der Waals surface area contributed by atoms with Crippen LogP contribution in [0.4, 0.5) is 5.69 Å². The van der Waals surface area contributed by atoms with E-state index in [0.717, 1.165) is 10.5 Å². The van der Waals surface area contributed by atoms with Crippen molar-refractivity contribution < 1.29 is 9.13 Å². The molecule has 0 aliphatic heterocycles. The Bertz CT molecular complexity index is 677. The minimum Gasteiger partial charge on any atom is -0.258 e. The van der Waals surface area contributed by atoms with E-state index in [2.05, 4.69) is 5.10 Å². The van der Waals surface area contributed by atoms with Gasteiger partial charge in [0.1, 0.15) is 11.4 Å². The van der Waals surface area contributed by atoms with Crippen LogP contribution in [0, 0.1) is 24.0 Å². The molecule has 0 spiro atoms. The molecular weight excluding hydrogens is 278 g/mol. The fourth-order valence-electron chi connectivity index (χ4n) is 2.07. The molecule has 0 N–H and O–H groups in total. The number of benzene rings is 1. The van der Waals surface area contributed by atoms with E-state index in [1.165, 1.54) is 0 Å². The minimum atomic E-state index is -1.01. The van der Waals surface area contributed by atoms with Gasteiger partial charge in [0.2, 0.25) is 0 Å². The summed E-state index contributed by atoms with van der Waals surface area (Å²) in [6.07, 6.45) is 1.62. The lowest BCUT2D eigenvalue weighted by Gasteiger charge is -2.04. The Hall–Kier alpha value is -2.02. The molecule has 1 heterocycles. The fraction of sp³-hybridized carbons (Fsp3) is 0.308. The van der Waals surface area contributed by atoms with Crippen LogP contribution in [0.25, 0.3) is 0 Å². The Balaban J connectivity index is 2.28. The number of hydrogen-bond acceptors (Lipinski definition) is 4. The molecule has 7 heteroatoms. The maximum atomic E-state index is 11.3. The second-order valence-corrected chi connectivity index (χ2v) is 5.91. The zero-order valence-electron chi connectivity index (χ0n) is 11.5. The van der Waals surface area contributed by atoms with E-state index in [1.807, 2.05) is 12.1 Å². The van der Waals surface area contributed by atoms with Gasteiger partial charge < -0.3 is 0 Å². The number of aryl methyl sites for hydroxylation is 1. The summed E-state index contributed by atoms with van der Waals surface area (Å²) < 4.78 is 12.9. The van der Waals surface area contributed by atoms with Crippen LogP contribution in [-0.2, 0) is 17.3 Å². The summed E-state index contributed by atoms with van der Waals surface area (Å²) >= 11 is 0. The highest BCUT2D eigenvalue weighted by atomic mass is 32.2. The van der Waals surface area contributed by atoms with Crippen molar-refractivity contribution in [3.8, 4) is 0 Å². The molecule has 1 aromatic carbocycles. The second kappa shape index (κ2) is 5.54. The molecule has 0 radical (unpaired) electrons. The predicted octanol–water partition coefficient (Wildman–Crippen LogP) is 2.19. The second-order valence-electron chi connectivity index (χ2n) is 4.53. The molecule has 0 saturated carbocycles. The first-order valence-corrected chi connectivity index (χ1v) is 7.56. The minimum absolute atomic E-state index is 0.0660. The summed E-state index contributed by atoms with van der Waals surface area (Å²) in [5, 5.41) is 15.1. The molecule has 20 heavy (non-hydrogen) atoms. The van der Waals surface area contributed by atoms with Crippen LogP contribution in [0.3, 0.4) is 0 Å². The van der Waals surface area contributed by atoms with Gasteiger partial charge in [-0.05, 0) is 31.5 Å². The first-order valence-electron chi connectivity index (χ1n) is 6.01. The number of nitro groups is 1. The molecule has 0 amide bonds. The van der Waals surface area contributed by atoms with Crippen LogP contribution in [0.5, 0.6) is 0 Å². The van der Waals surface area contributed by atoms with Gasteiger partial charge in [0.25, 0.3) is 0 Å². The van der Waals surface area contributed by atoms with Crippen molar-refractivity contribution in [2.45, 2.75) is 25.3 Å². The van der Waals surface area contributed by atoms with Gasteiger partial charge >= 0.3 is 5.69 Å². The van der Waals surface area contributed by atoms with Gasteiger partial charge in [-0.3, -0.25) is 19.0 Å². The molecule has 2 rings (SSSR count). The third-order valence-corrected chi connectivity index (χ3v) is 4.05. The Kier molecular flexibility index (Phi) is 3.99. The summed E-state index contributed by atoms with van der Waals surface area (Å²) in [6.45, 7) is 3.77. The molecule has 1 aromatic heterocycles. The number of aromatic nitrogens is 2. The fourth-order valence-corrected chi connectivity index (χ4v) is 2.58. The molecule has 1 atom stereocenters. The topological polar surface area (TPSA) is 78.0 Å². The highest BCUT2D eigenvalue weighted by Crippen LogP contribution is 2.22. The van der Waals surface area contributed by atoms with Gasteiger partial charge in [0, 0.05) is 22.0 Å². The van der Waals surface area contributed by atoms with Crippen LogP contribution in [-0.4, -0.2) is 25.2 Å². The van der Waals surface area contributed by atoms with Gasteiger partial charge in [0.05, 0.1) is 11.5 Å². The summed E-state index contributed by atoms with van der Waals surface area (Å²) in [5.41, 5.74) is 1.98. The monoisotopic (exact) mass is 293 g/mol. The molecule has 0 saturated heterocycles. The van der Waals surface area contributed by atoms with Gasteiger partial charge in [0.15, 0.2) is 0 Å². The zero-order chi connectivity index (χ0) is 14.9. The Labute approximate surface area is 119 Å². The SMILES string of the molecule is Cc1nn(Cc2ccc([S@@](C)=O)cc2)c(C)c1[N+](=O)[O-]. The van der Waals surface area contributed by atoms with Crippen molar-refractivity contribution in [2.24, 2.45) is 0 Å². The third kappa shape index (κ3) is 2.77. The number of rotatable bonds is 4. The van der Waals surface area contributed by atoms with E-state index < -0.39 is 15.7 Å². The molecular formula is C13H15N3O3S. The Morgan fingerprint density at radius 2 is 1.90 bits per heavy atom. The van der Waals surface area contributed by atoms with Crippen LogP contribution < -0.4 is 0 Å².